The van der Waals surface area contributed by atoms with Gasteiger partial charge in [0.2, 0.25) is 0 Å². The molecule has 0 unspecified atom stereocenters. The minimum absolute atomic E-state index is 0.206. The molecule has 1 aromatic carbocycles. The van der Waals surface area contributed by atoms with Crippen molar-refractivity contribution in [3.05, 3.63) is 53.9 Å². The van der Waals surface area contributed by atoms with Crippen LogP contribution in [0.4, 0.5) is 13.2 Å². The molecule has 7 heteroatoms. The van der Waals surface area contributed by atoms with Gasteiger partial charge >= 0.3 is 6.18 Å². The summed E-state index contributed by atoms with van der Waals surface area (Å²) in [5.74, 6) is 0.464. The topological polar surface area (TPSA) is 54.5 Å². The lowest BCUT2D eigenvalue weighted by atomic mass is 9.91. The first-order valence-electron chi connectivity index (χ1n) is 7.72. The van der Waals surface area contributed by atoms with E-state index in [-0.39, 0.29) is 11.1 Å². The van der Waals surface area contributed by atoms with E-state index < -0.39 is 11.9 Å². The highest BCUT2D eigenvalue weighted by molar-refractivity contribution is 5.62. The molecule has 0 aliphatic carbocycles. The zero-order valence-electron chi connectivity index (χ0n) is 14.0. The Morgan fingerprint density at radius 2 is 1.56 bits per heavy atom. The van der Waals surface area contributed by atoms with Crippen molar-refractivity contribution in [2.45, 2.75) is 32.4 Å². The fourth-order valence-corrected chi connectivity index (χ4v) is 2.28. The third-order valence-corrected chi connectivity index (χ3v) is 3.67. The molecule has 0 radical (unpaired) electrons. The Morgan fingerprint density at radius 3 is 2.12 bits per heavy atom. The Labute approximate surface area is 143 Å². The summed E-state index contributed by atoms with van der Waals surface area (Å²) in [7, 11) is 0. The number of alkyl halides is 3. The van der Waals surface area contributed by atoms with E-state index in [0.29, 0.717) is 11.5 Å². The molecule has 3 rings (SSSR count). The maximum Gasteiger partial charge on any atom is 0.435 e. The van der Waals surface area contributed by atoms with Crippen molar-refractivity contribution in [2.24, 2.45) is 0 Å². The van der Waals surface area contributed by atoms with Crippen molar-refractivity contribution in [1.29, 1.82) is 0 Å². The second kappa shape index (κ2) is 5.98. The van der Waals surface area contributed by atoms with Crippen LogP contribution in [0.25, 0.3) is 22.8 Å². The van der Waals surface area contributed by atoms with Crippen molar-refractivity contribution in [3.8, 4) is 22.8 Å². The maximum atomic E-state index is 12.8. The molecule has 3 aromatic rings. The molecule has 1 N–H and O–H groups in total. The van der Waals surface area contributed by atoms with Gasteiger partial charge < -0.3 is 0 Å². The van der Waals surface area contributed by atoms with Gasteiger partial charge in [0, 0.05) is 11.0 Å². The van der Waals surface area contributed by atoms with Gasteiger partial charge in [-0.2, -0.15) is 18.3 Å². The molecular weight excluding hydrogens is 329 g/mol. The molecule has 0 aliphatic heterocycles. The molecule has 0 saturated carbocycles. The van der Waals surface area contributed by atoms with Gasteiger partial charge in [0.25, 0.3) is 0 Å². The van der Waals surface area contributed by atoms with E-state index in [1.165, 1.54) is 0 Å². The molecule has 0 aliphatic rings. The predicted octanol–water partition coefficient (Wildman–Crippen LogP) is 4.85. The quantitative estimate of drug-likeness (QED) is 0.722. The summed E-state index contributed by atoms with van der Waals surface area (Å²) in [5.41, 5.74) is 0.859. The summed E-state index contributed by atoms with van der Waals surface area (Å²) in [6.07, 6.45) is -4.50. The van der Waals surface area contributed by atoms with E-state index in [4.69, 9.17) is 0 Å². The van der Waals surface area contributed by atoms with Gasteiger partial charge in [-0.3, -0.25) is 5.10 Å². The Morgan fingerprint density at radius 1 is 0.880 bits per heavy atom. The maximum absolute atomic E-state index is 12.8. The van der Waals surface area contributed by atoms with Crippen molar-refractivity contribution >= 4 is 0 Å². The van der Waals surface area contributed by atoms with Gasteiger partial charge in [-0.05, 0) is 12.1 Å². The zero-order chi connectivity index (χ0) is 18.2. The van der Waals surface area contributed by atoms with Crippen LogP contribution in [0.1, 0.15) is 32.2 Å². The number of halogens is 3. The number of hydrogen-bond donors (Lipinski definition) is 1. The Bertz CT molecular complexity index is 877. The fourth-order valence-electron chi connectivity index (χ4n) is 2.28. The van der Waals surface area contributed by atoms with Gasteiger partial charge in [0.15, 0.2) is 11.5 Å². The number of aromatic nitrogens is 4. The van der Waals surface area contributed by atoms with Crippen molar-refractivity contribution in [3.63, 3.8) is 0 Å². The summed E-state index contributed by atoms with van der Waals surface area (Å²) in [5, 5.41) is 5.77. The van der Waals surface area contributed by atoms with E-state index in [0.717, 1.165) is 17.3 Å². The van der Waals surface area contributed by atoms with Gasteiger partial charge in [-0.15, -0.1) is 0 Å². The highest BCUT2D eigenvalue weighted by Crippen LogP contribution is 2.32. The molecule has 0 fully saturated rings. The Kier molecular flexibility index (Phi) is 4.10. The van der Waals surface area contributed by atoms with Crippen LogP contribution in [-0.4, -0.2) is 20.2 Å². The number of benzene rings is 1. The summed E-state index contributed by atoms with van der Waals surface area (Å²) >= 11 is 0. The molecule has 0 spiro atoms. The van der Waals surface area contributed by atoms with Crippen LogP contribution in [0.15, 0.2) is 42.5 Å². The monoisotopic (exact) mass is 346 g/mol. The normalized spacial score (nSPS) is 12.4. The van der Waals surface area contributed by atoms with Gasteiger partial charge in [0.05, 0.1) is 17.1 Å². The molecule has 0 amide bonds. The van der Waals surface area contributed by atoms with Crippen molar-refractivity contribution in [1.82, 2.24) is 20.2 Å². The SMILES string of the molecule is CC(C)(C)c1cc(-c2cc(C(F)(F)F)n[nH]2)nc(-c2ccccc2)n1. The van der Waals surface area contributed by atoms with E-state index in [1.54, 1.807) is 6.07 Å². The highest BCUT2D eigenvalue weighted by Gasteiger charge is 2.34. The highest BCUT2D eigenvalue weighted by atomic mass is 19.4. The third kappa shape index (κ3) is 3.70. The molecule has 0 atom stereocenters. The number of aromatic amines is 1. The minimum atomic E-state index is -4.50. The van der Waals surface area contributed by atoms with Gasteiger partial charge in [0.1, 0.15) is 0 Å². The second-order valence-corrected chi connectivity index (χ2v) is 6.74. The first-order valence-corrected chi connectivity index (χ1v) is 7.72. The molecule has 2 aromatic heterocycles. The van der Waals surface area contributed by atoms with E-state index >= 15 is 0 Å². The third-order valence-electron chi connectivity index (χ3n) is 3.67. The molecule has 130 valence electrons. The molecule has 2 heterocycles. The van der Waals surface area contributed by atoms with Gasteiger partial charge in [-0.1, -0.05) is 51.1 Å². The van der Waals surface area contributed by atoms with Gasteiger partial charge in [-0.25, -0.2) is 9.97 Å². The molecule has 0 bridgehead atoms. The second-order valence-electron chi connectivity index (χ2n) is 6.74. The smallest absolute Gasteiger partial charge is 0.276 e. The largest absolute Gasteiger partial charge is 0.435 e. The minimum Gasteiger partial charge on any atom is -0.276 e. The lowest BCUT2D eigenvalue weighted by Gasteiger charge is -2.19. The number of hydrogen-bond acceptors (Lipinski definition) is 3. The van der Waals surface area contributed by atoms with Crippen molar-refractivity contribution in [2.75, 3.05) is 0 Å². The summed E-state index contributed by atoms with van der Waals surface area (Å²) < 4.78 is 38.4. The Balaban J connectivity index is 2.15. The van der Waals surface area contributed by atoms with Crippen LogP contribution >= 0.6 is 0 Å². The molecule has 25 heavy (non-hydrogen) atoms. The number of H-pyrrole nitrogens is 1. The number of nitrogens with zero attached hydrogens (tertiary/aromatic N) is 3. The molecular formula is C18H17F3N4. The van der Waals surface area contributed by atoms with Crippen LogP contribution < -0.4 is 0 Å². The zero-order valence-corrected chi connectivity index (χ0v) is 14.0. The first-order chi connectivity index (χ1) is 11.6. The van der Waals surface area contributed by atoms with Crippen molar-refractivity contribution < 1.29 is 13.2 Å². The molecule has 4 nitrogen and oxygen atoms in total. The summed E-state index contributed by atoms with van der Waals surface area (Å²) in [6.45, 7) is 5.96. The van der Waals surface area contributed by atoms with E-state index in [2.05, 4.69) is 20.2 Å². The lowest BCUT2D eigenvalue weighted by molar-refractivity contribution is -0.141. The number of nitrogens with one attached hydrogen (secondary N) is 1. The summed E-state index contributed by atoms with van der Waals surface area (Å²) in [6, 6.07) is 12.0. The van der Waals surface area contributed by atoms with E-state index in [1.807, 2.05) is 51.1 Å². The average molecular weight is 346 g/mol. The summed E-state index contributed by atoms with van der Waals surface area (Å²) in [4.78, 5) is 9.02. The predicted molar refractivity (Wildman–Crippen MR) is 88.8 cm³/mol. The standard InChI is InChI=1S/C18H17F3N4/c1-17(2,3)14-9-12(13-10-15(25-24-13)18(19,20)21)22-16(23-14)11-7-5-4-6-8-11/h4-10H,1-3H3,(H,24,25). The van der Waals surface area contributed by atoms with Crippen LogP contribution in [0, 0.1) is 0 Å². The number of rotatable bonds is 2. The van der Waals surface area contributed by atoms with Crippen LogP contribution in [0.5, 0.6) is 0 Å². The lowest BCUT2D eigenvalue weighted by Crippen LogP contribution is -2.15. The first kappa shape index (κ1) is 17.1. The van der Waals surface area contributed by atoms with Crippen LogP contribution in [0.3, 0.4) is 0 Å². The van der Waals surface area contributed by atoms with Crippen LogP contribution in [0.2, 0.25) is 0 Å². The van der Waals surface area contributed by atoms with E-state index in [9.17, 15) is 13.2 Å². The fraction of sp³-hybridized carbons (Fsp3) is 0.278. The molecule has 0 saturated heterocycles. The van der Waals surface area contributed by atoms with Crippen LogP contribution in [-0.2, 0) is 11.6 Å². The Hall–Kier alpha value is -2.70. The average Bonchev–Trinajstić information content (AvgIpc) is 3.05.